The van der Waals surface area contributed by atoms with Gasteiger partial charge in [-0.05, 0) is 30.0 Å². The number of anilines is 1. The lowest BCUT2D eigenvalue weighted by Crippen LogP contribution is -2.36. The Kier molecular flexibility index (Phi) is 4.74. The number of fused-ring (bicyclic) bond motifs is 1. The number of likely N-dealkylation sites (tertiary alicyclic amines) is 1. The molecule has 0 N–H and O–H groups in total. The first-order valence-electron chi connectivity index (χ1n) is 9.75. The second-order valence-corrected chi connectivity index (χ2v) is 8.37. The average Bonchev–Trinajstić information content (AvgIpc) is 3.47. The molecule has 1 atom stereocenters. The summed E-state index contributed by atoms with van der Waals surface area (Å²) in [5.41, 5.74) is 2.00. The maximum Gasteiger partial charge on any atom is 0.227 e. The number of nitrogens with zero attached hydrogens (tertiary/aromatic N) is 5. The molecule has 2 aliphatic heterocycles. The van der Waals surface area contributed by atoms with Crippen molar-refractivity contribution in [1.29, 1.82) is 0 Å². The van der Waals surface area contributed by atoms with E-state index in [-0.39, 0.29) is 11.8 Å². The van der Waals surface area contributed by atoms with Gasteiger partial charge in [-0.15, -0.1) is 11.3 Å². The van der Waals surface area contributed by atoms with Crippen LogP contribution < -0.4 is 4.90 Å². The van der Waals surface area contributed by atoms with Crippen LogP contribution in [0, 0.1) is 0 Å². The van der Waals surface area contributed by atoms with E-state index >= 15 is 0 Å². The standard InChI is InChI=1S/C20H23N5O2S/c26-19(12-17-2-1-11-28-17)24-6-5-15(13-24)20-21-18-4-3-16(14-25(18)22-20)23-7-9-27-10-8-23/h1-4,11,14-15H,5-10,12-13H2/t15-/m1/s1. The topological polar surface area (TPSA) is 63.0 Å². The highest BCUT2D eigenvalue weighted by atomic mass is 32.1. The first kappa shape index (κ1) is 17.6. The van der Waals surface area contributed by atoms with Gasteiger partial charge in [-0.2, -0.15) is 5.10 Å². The van der Waals surface area contributed by atoms with Gasteiger partial charge in [0.2, 0.25) is 5.91 Å². The molecule has 1 amide bonds. The van der Waals surface area contributed by atoms with E-state index in [1.807, 2.05) is 39.2 Å². The number of morpholine rings is 1. The third-order valence-electron chi connectivity index (χ3n) is 5.52. The fraction of sp³-hybridized carbons (Fsp3) is 0.450. The van der Waals surface area contributed by atoms with Gasteiger partial charge < -0.3 is 14.5 Å². The van der Waals surface area contributed by atoms with E-state index in [1.54, 1.807) is 11.3 Å². The van der Waals surface area contributed by atoms with Gasteiger partial charge in [-0.3, -0.25) is 4.79 Å². The number of aromatic nitrogens is 3. The highest BCUT2D eigenvalue weighted by Gasteiger charge is 2.30. The molecule has 0 aliphatic carbocycles. The van der Waals surface area contributed by atoms with Crippen molar-refractivity contribution in [2.24, 2.45) is 0 Å². The molecule has 7 nitrogen and oxygen atoms in total. The molecule has 5 heterocycles. The summed E-state index contributed by atoms with van der Waals surface area (Å²) in [6.07, 6.45) is 3.46. The van der Waals surface area contributed by atoms with Crippen LogP contribution in [0.25, 0.3) is 5.65 Å². The number of carbonyl (C=O) groups excluding carboxylic acids is 1. The van der Waals surface area contributed by atoms with Crippen LogP contribution in [0.3, 0.4) is 0 Å². The van der Waals surface area contributed by atoms with Crippen molar-refractivity contribution in [2.75, 3.05) is 44.3 Å². The van der Waals surface area contributed by atoms with Gasteiger partial charge in [0.25, 0.3) is 0 Å². The first-order valence-corrected chi connectivity index (χ1v) is 10.6. The number of hydrogen-bond acceptors (Lipinski definition) is 6. The molecule has 5 rings (SSSR count). The minimum atomic E-state index is 0.198. The normalized spacial score (nSPS) is 20.2. The van der Waals surface area contributed by atoms with Crippen molar-refractivity contribution in [3.63, 3.8) is 0 Å². The Balaban J connectivity index is 1.29. The third kappa shape index (κ3) is 3.49. The quantitative estimate of drug-likeness (QED) is 0.675. The summed E-state index contributed by atoms with van der Waals surface area (Å²) in [5.74, 6) is 1.24. The lowest BCUT2D eigenvalue weighted by Gasteiger charge is -2.28. The molecule has 0 radical (unpaired) electrons. The van der Waals surface area contributed by atoms with Crippen molar-refractivity contribution in [2.45, 2.75) is 18.8 Å². The van der Waals surface area contributed by atoms with Crippen molar-refractivity contribution in [1.82, 2.24) is 19.5 Å². The Morgan fingerprint density at radius 1 is 1.21 bits per heavy atom. The largest absolute Gasteiger partial charge is 0.378 e. The molecule has 2 aliphatic rings. The lowest BCUT2D eigenvalue weighted by molar-refractivity contribution is -0.129. The zero-order valence-corrected chi connectivity index (χ0v) is 16.5. The first-order chi connectivity index (χ1) is 13.8. The summed E-state index contributed by atoms with van der Waals surface area (Å²) in [7, 11) is 0. The van der Waals surface area contributed by atoms with Crippen LogP contribution >= 0.6 is 11.3 Å². The maximum atomic E-state index is 12.6. The number of pyridine rings is 1. The Hall–Kier alpha value is -2.45. The molecule has 2 saturated heterocycles. The van der Waals surface area contributed by atoms with Crippen molar-refractivity contribution < 1.29 is 9.53 Å². The van der Waals surface area contributed by atoms with Gasteiger partial charge in [0, 0.05) is 37.0 Å². The van der Waals surface area contributed by atoms with Crippen LogP contribution in [0.4, 0.5) is 5.69 Å². The van der Waals surface area contributed by atoms with Crippen LogP contribution in [0.5, 0.6) is 0 Å². The molecule has 0 bridgehead atoms. The van der Waals surface area contributed by atoms with Gasteiger partial charge in [-0.25, -0.2) is 9.50 Å². The summed E-state index contributed by atoms with van der Waals surface area (Å²) in [6.45, 7) is 4.81. The maximum absolute atomic E-state index is 12.6. The molecule has 8 heteroatoms. The molecule has 146 valence electrons. The number of thiophene rings is 1. The summed E-state index contributed by atoms with van der Waals surface area (Å²) >= 11 is 1.64. The van der Waals surface area contributed by atoms with E-state index in [0.29, 0.717) is 13.0 Å². The van der Waals surface area contributed by atoms with E-state index in [1.165, 1.54) is 0 Å². The van der Waals surface area contributed by atoms with Gasteiger partial charge in [0.1, 0.15) is 0 Å². The monoisotopic (exact) mass is 397 g/mol. The van der Waals surface area contributed by atoms with Crippen LogP contribution in [0.1, 0.15) is 23.0 Å². The summed E-state index contributed by atoms with van der Waals surface area (Å²) in [4.78, 5) is 22.7. The minimum Gasteiger partial charge on any atom is -0.378 e. The zero-order valence-electron chi connectivity index (χ0n) is 15.7. The van der Waals surface area contributed by atoms with Crippen LogP contribution in [-0.4, -0.2) is 64.8 Å². The lowest BCUT2D eigenvalue weighted by atomic mass is 10.1. The van der Waals surface area contributed by atoms with Crippen LogP contribution in [0.2, 0.25) is 0 Å². The minimum absolute atomic E-state index is 0.198. The van der Waals surface area contributed by atoms with Crippen LogP contribution in [-0.2, 0) is 16.0 Å². The fourth-order valence-electron chi connectivity index (χ4n) is 3.94. The Bertz CT molecular complexity index is 964. The predicted molar refractivity (Wildman–Crippen MR) is 108 cm³/mol. The molecular weight excluding hydrogens is 374 g/mol. The number of amides is 1. The number of hydrogen-bond donors (Lipinski definition) is 0. The van der Waals surface area contributed by atoms with Gasteiger partial charge in [-0.1, -0.05) is 6.07 Å². The highest BCUT2D eigenvalue weighted by molar-refractivity contribution is 7.10. The smallest absolute Gasteiger partial charge is 0.227 e. The Morgan fingerprint density at radius 2 is 2.11 bits per heavy atom. The second-order valence-electron chi connectivity index (χ2n) is 7.34. The molecule has 2 fully saturated rings. The number of ether oxygens (including phenoxy) is 1. The van der Waals surface area contributed by atoms with E-state index in [0.717, 1.165) is 61.3 Å². The molecule has 0 saturated carbocycles. The molecule has 3 aromatic heterocycles. The SMILES string of the molecule is O=C(Cc1cccs1)N1CC[C@@H](c2nc3ccc(N4CCOCC4)cn3n2)C1. The van der Waals surface area contributed by atoms with E-state index < -0.39 is 0 Å². The zero-order chi connectivity index (χ0) is 18.9. The number of carbonyl (C=O) groups is 1. The van der Waals surface area contributed by atoms with Crippen molar-refractivity contribution in [3.05, 3.63) is 46.5 Å². The highest BCUT2D eigenvalue weighted by Crippen LogP contribution is 2.27. The predicted octanol–water partition coefficient (Wildman–Crippen LogP) is 2.19. The van der Waals surface area contributed by atoms with Crippen LogP contribution in [0.15, 0.2) is 35.8 Å². The molecule has 0 spiro atoms. The molecule has 0 aromatic carbocycles. The fourth-order valence-corrected chi connectivity index (χ4v) is 4.64. The molecule has 3 aromatic rings. The third-order valence-corrected chi connectivity index (χ3v) is 6.40. The second kappa shape index (κ2) is 7.52. The van der Waals surface area contributed by atoms with Gasteiger partial charge in [0.15, 0.2) is 11.5 Å². The average molecular weight is 398 g/mol. The van der Waals surface area contributed by atoms with Crippen molar-refractivity contribution >= 4 is 28.6 Å². The van der Waals surface area contributed by atoms with Crippen molar-refractivity contribution in [3.8, 4) is 0 Å². The summed E-state index contributed by atoms with van der Waals surface area (Å²) < 4.78 is 7.31. The Labute approximate surface area is 167 Å². The van der Waals surface area contributed by atoms with E-state index in [9.17, 15) is 4.79 Å². The summed E-state index contributed by atoms with van der Waals surface area (Å²) in [5, 5.41) is 6.75. The molecule has 28 heavy (non-hydrogen) atoms. The van der Waals surface area contributed by atoms with Gasteiger partial charge >= 0.3 is 0 Å². The van der Waals surface area contributed by atoms with E-state index in [2.05, 4.69) is 11.0 Å². The molecule has 0 unspecified atom stereocenters. The molecular formula is C20H23N5O2S. The summed E-state index contributed by atoms with van der Waals surface area (Å²) in [6, 6.07) is 8.14. The Morgan fingerprint density at radius 3 is 2.93 bits per heavy atom. The van der Waals surface area contributed by atoms with E-state index in [4.69, 9.17) is 14.8 Å². The number of rotatable bonds is 4. The van der Waals surface area contributed by atoms with Gasteiger partial charge in [0.05, 0.1) is 31.5 Å².